The molecule has 0 bridgehead atoms. The van der Waals surface area contributed by atoms with Crippen molar-refractivity contribution < 1.29 is 14.0 Å². The molecular formula is C28H22FN7O2. The largest absolute Gasteiger partial charge is 0.364 e. The van der Waals surface area contributed by atoms with Crippen LogP contribution in [-0.4, -0.2) is 52.3 Å². The van der Waals surface area contributed by atoms with E-state index in [-0.39, 0.29) is 17.4 Å². The predicted octanol–water partition coefficient (Wildman–Crippen LogP) is 3.56. The number of halogens is 1. The maximum absolute atomic E-state index is 13.2. The number of nitrogens with zero attached hydrogens (tertiary/aromatic N) is 5. The molecule has 188 valence electrons. The number of benzene rings is 2. The molecule has 0 radical (unpaired) electrons. The van der Waals surface area contributed by atoms with Gasteiger partial charge in [-0.3, -0.25) is 9.59 Å². The van der Waals surface area contributed by atoms with Crippen LogP contribution < -0.4 is 15.1 Å². The topological polar surface area (TPSA) is 118 Å². The first-order chi connectivity index (χ1) is 18.5. The molecule has 2 N–H and O–H groups in total. The fourth-order valence-electron chi connectivity index (χ4n) is 5.20. The molecule has 0 spiro atoms. The standard InChI is InChI=1S/C28H22FN7O2/c29-19-14-31-28(32-15-19)35-8-9-36-22(16-35)11-18-10-20(6-7-24(18)36)34-27(38)26(37)25-23(12-21(13-30)33-25)17-4-2-1-3-5-17/h1-7,10,12,14-15,22,33H,8-9,11,16H2,(H,34,38). The molecule has 0 saturated carbocycles. The summed E-state index contributed by atoms with van der Waals surface area (Å²) in [5, 5.41) is 12.0. The van der Waals surface area contributed by atoms with Crippen molar-refractivity contribution in [1.29, 1.82) is 5.26 Å². The van der Waals surface area contributed by atoms with E-state index in [0.717, 1.165) is 29.8 Å². The van der Waals surface area contributed by atoms with E-state index >= 15 is 0 Å². The van der Waals surface area contributed by atoms with E-state index in [9.17, 15) is 19.2 Å². The number of carbonyl (C=O) groups is 2. The number of hydrogen-bond acceptors (Lipinski definition) is 7. The van der Waals surface area contributed by atoms with E-state index in [2.05, 4.69) is 25.2 Å². The Kier molecular flexibility index (Phi) is 5.81. The number of anilines is 3. The summed E-state index contributed by atoms with van der Waals surface area (Å²) in [6.07, 6.45) is 3.10. The maximum Gasteiger partial charge on any atom is 0.298 e. The van der Waals surface area contributed by atoms with E-state index in [4.69, 9.17) is 0 Å². The van der Waals surface area contributed by atoms with E-state index in [1.54, 1.807) is 12.1 Å². The van der Waals surface area contributed by atoms with Crippen LogP contribution in [0.1, 0.15) is 21.7 Å². The van der Waals surface area contributed by atoms with Gasteiger partial charge >= 0.3 is 0 Å². The summed E-state index contributed by atoms with van der Waals surface area (Å²) in [7, 11) is 0. The van der Waals surface area contributed by atoms with Gasteiger partial charge in [0, 0.05) is 36.6 Å². The average molecular weight is 508 g/mol. The van der Waals surface area contributed by atoms with Crippen molar-refractivity contribution in [1.82, 2.24) is 15.0 Å². The van der Waals surface area contributed by atoms with Gasteiger partial charge in [-0.2, -0.15) is 5.26 Å². The van der Waals surface area contributed by atoms with Gasteiger partial charge in [0.2, 0.25) is 5.95 Å². The number of nitriles is 1. The van der Waals surface area contributed by atoms with Crippen LogP contribution in [0.5, 0.6) is 0 Å². The average Bonchev–Trinajstić information content (AvgIpc) is 3.54. The Morgan fingerprint density at radius 3 is 2.63 bits per heavy atom. The van der Waals surface area contributed by atoms with Crippen LogP contribution in [-0.2, 0) is 11.2 Å². The lowest BCUT2D eigenvalue weighted by Gasteiger charge is -2.39. The van der Waals surface area contributed by atoms with Crippen LogP contribution in [0.3, 0.4) is 0 Å². The van der Waals surface area contributed by atoms with Gasteiger partial charge in [0.1, 0.15) is 17.5 Å². The number of nitrogens with one attached hydrogen (secondary N) is 2. The summed E-state index contributed by atoms with van der Waals surface area (Å²) in [5.74, 6) is -1.50. The lowest BCUT2D eigenvalue weighted by Crippen LogP contribution is -2.52. The van der Waals surface area contributed by atoms with Crippen LogP contribution >= 0.6 is 0 Å². The molecule has 4 heterocycles. The normalized spacial score (nSPS) is 15.9. The Balaban J connectivity index is 1.18. The molecule has 2 aromatic heterocycles. The zero-order valence-electron chi connectivity index (χ0n) is 20.2. The van der Waals surface area contributed by atoms with Crippen LogP contribution in [0.4, 0.5) is 21.7 Å². The third-order valence-corrected chi connectivity index (χ3v) is 6.93. The lowest BCUT2D eigenvalue weighted by atomic mass is 10.0. The number of Topliss-reactive ketones (excluding diaryl/α,β-unsaturated/α-hetero) is 1. The van der Waals surface area contributed by atoms with Crippen molar-refractivity contribution in [3.63, 3.8) is 0 Å². The van der Waals surface area contributed by atoms with Gasteiger partial charge in [0.05, 0.1) is 18.4 Å². The summed E-state index contributed by atoms with van der Waals surface area (Å²) in [4.78, 5) is 41.4. The highest BCUT2D eigenvalue weighted by atomic mass is 19.1. The molecule has 2 aliphatic heterocycles. The minimum Gasteiger partial charge on any atom is -0.364 e. The fraction of sp³-hybridized carbons (Fsp3) is 0.179. The van der Waals surface area contributed by atoms with Crippen molar-refractivity contribution in [3.8, 4) is 17.2 Å². The first-order valence-corrected chi connectivity index (χ1v) is 12.2. The van der Waals surface area contributed by atoms with E-state index in [1.807, 2.05) is 53.4 Å². The summed E-state index contributed by atoms with van der Waals surface area (Å²) in [6, 6.07) is 18.5. The Bertz CT molecular complexity index is 1580. The number of fused-ring (bicyclic) bond motifs is 3. The van der Waals surface area contributed by atoms with Crippen molar-refractivity contribution in [3.05, 3.63) is 89.8 Å². The maximum atomic E-state index is 13.2. The van der Waals surface area contributed by atoms with Crippen molar-refractivity contribution in [2.45, 2.75) is 12.5 Å². The van der Waals surface area contributed by atoms with Gasteiger partial charge in [-0.05, 0) is 41.8 Å². The number of amides is 1. The molecule has 2 aliphatic rings. The Morgan fingerprint density at radius 2 is 1.87 bits per heavy atom. The lowest BCUT2D eigenvalue weighted by molar-refractivity contribution is -0.112. The van der Waals surface area contributed by atoms with Gasteiger partial charge in [-0.15, -0.1) is 0 Å². The summed E-state index contributed by atoms with van der Waals surface area (Å²) < 4.78 is 13.2. The van der Waals surface area contributed by atoms with Gasteiger partial charge in [-0.25, -0.2) is 14.4 Å². The fourth-order valence-corrected chi connectivity index (χ4v) is 5.20. The number of rotatable bonds is 5. The molecule has 1 amide bonds. The molecule has 9 nitrogen and oxygen atoms in total. The summed E-state index contributed by atoms with van der Waals surface area (Å²) in [6.45, 7) is 2.16. The zero-order chi connectivity index (χ0) is 26.2. The van der Waals surface area contributed by atoms with Gasteiger partial charge < -0.3 is 20.1 Å². The quantitative estimate of drug-likeness (QED) is 0.313. The second-order valence-electron chi connectivity index (χ2n) is 9.27. The number of carbonyl (C=O) groups excluding carboxylic acids is 2. The summed E-state index contributed by atoms with van der Waals surface area (Å²) in [5.41, 5.74) is 4.19. The van der Waals surface area contributed by atoms with Crippen molar-refractivity contribution in [2.24, 2.45) is 0 Å². The van der Waals surface area contributed by atoms with Crippen LogP contribution in [0.25, 0.3) is 11.1 Å². The molecular weight excluding hydrogens is 485 g/mol. The van der Waals surface area contributed by atoms with Crippen molar-refractivity contribution >= 4 is 29.0 Å². The van der Waals surface area contributed by atoms with E-state index in [0.29, 0.717) is 30.3 Å². The van der Waals surface area contributed by atoms with Gasteiger partial charge in [0.15, 0.2) is 5.82 Å². The molecule has 0 aliphatic carbocycles. The molecule has 1 atom stereocenters. The number of piperazine rings is 1. The summed E-state index contributed by atoms with van der Waals surface area (Å²) >= 11 is 0. The SMILES string of the molecule is N#Cc1cc(-c2ccccc2)c(C(=O)C(=O)Nc2ccc3c(c2)CC2CN(c4ncc(F)cn4)CCN32)[nH]1. The Labute approximate surface area is 217 Å². The molecule has 1 fully saturated rings. The minimum atomic E-state index is -0.788. The van der Waals surface area contributed by atoms with Crippen molar-refractivity contribution in [2.75, 3.05) is 34.8 Å². The second kappa shape index (κ2) is 9.44. The minimum absolute atomic E-state index is 0.0756. The molecule has 1 unspecified atom stereocenters. The van der Waals surface area contributed by atoms with Crippen LogP contribution in [0, 0.1) is 17.1 Å². The third-order valence-electron chi connectivity index (χ3n) is 6.93. The Hall–Kier alpha value is -5.04. The molecule has 2 aromatic carbocycles. The predicted molar refractivity (Wildman–Crippen MR) is 139 cm³/mol. The van der Waals surface area contributed by atoms with E-state index < -0.39 is 17.5 Å². The molecule has 6 rings (SSSR count). The van der Waals surface area contributed by atoms with Gasteiger partial charge in [0.25, 0.3) is 11.7 Å². The highest BCUT2D eigenvalue weighted by Gasteiger charge is 2.35. The number of H-pyrrole nitrogens is 1. The second-order valence-corrected chi connectivity index (χ2v) is 9.27. The Morgan fingerprint density at radius 1 is 1.08 bits per heavy atom. The van der Waals surface area contributed by atoms with E-state index in [1.165, 1.54) is 12.4 Å². The van der Waals surface area contributed by atoms with Crippen LogP contribution in [0.2, 0.25) is 0 Å². The molecule has 38 heavy (non-hydrogen) atoms. The molecule has 10 heteroatoms. The zero-order valence-corrected chi connectivity index (χ0v) is 20.2. The number of aromatic nitrogens is 3. The monoisotopic (exact) mass is 507 g/mol. The third kappa shape index (κ3) is 4.24. The molecule has 4 aromatic rings. The van der Waals surface area contributed by atoms with Crippen LogP contribution in [0.15, 0.2) is 67.0 Å². The van der Waals surface area contributed by atoms with Gasteiger partial charge in [-0.1, -0.05) is 30.3 Å². The first kappa shape index (κ1) is 23.4. The smallest absolute Gasteiger partial charge is 0.298 e. The number of ketones is 1. The number of hydrogen-bond donors (Lipinski definition) is 2. The first-order valence-electron chi connectivity index (χ1n) is 12.2. The highest BCUT2D eigenvalue weighted by Crippen LogP contribution is 2.36. The molecule has 1 saturated heterocycles. The number of aromatic amines is 1. The highest BCUT2D eigenvalue weighted by molar-refractivity contribution is 6.47.